The van der Waals surface area contributed by atoms with Gasteiger partial charge in [-0.05, 0) is 51.9 Å². The molecular weight excluding hydrogens is 380 g/mol. The van der Waals surface area contributed by atoms with Crippen molar-refractivity contribution in [2.24, 2.45) is 0 Å². The first kappa shape index (κ1) is 23.6. The third-order valence-electron chi connectivity index (χ3n) is 5.25. The number of aryl methyl sites for hydroxylation is 1. The second-order valence-corrected chi connectivity index (χ2v) is 7.57. The average molecular weight is 415 g/mol. The zero-order valence-corrected chi connectivity index (χ0v) is 18.6. The molecule has 0 spiro atoms. The number of hydrogen-bond acceptors (Lipinski definition) is 5. The lowest BCUT2D eigenvalue weighted by Crippen LogP contribution is -2.44. The molecule has 0 fully saturated rings. The predicted octanol–water partition coefficient (Wildman–Crippen LogP) is 3.50. The highest BCUT2D eigenvalue weighted by atomic mass is 16.5. The van der Waals surface area contributed by atoms with Gasteiger partial charge in [-0.2, -0.15) is 0 Å². The Bertz CT molecular complexity index is 787. The molecule has 1 N–H and O–H groups in total. The van der Waals surface area contributed by atoms with Crippen LogP contribution in [0.5, 0.6) is 0 Å². The van der Waals surface area contributed by atoms with E-state index in [1.54, 1.807) is 17.9 Å². The van der Waals surface area contributed by atoms with Crippen LogP contribution in [0.4, 0.5) is 5.82 Å². The summed E-state index contributed by atoms with van der Waals surface area (Å²) in [4.78, 5) is 29.7. The van der Waals surface area contributed by atoms with Gasteiger partial charge in [0.15, 0.2) is 5.82 Å². The molecule has 30 heavy (non-hydrogen) atoms. The molecule has 164 valence electrons. The maximum atomic E-state index is 13.1. The van der Waals surface area contributed by atoms with E-state index >= 15 is 0 Å². The van der Waals surface area contributed by atoms with Crippen molar-refractivity contribution in [1.82, 2.24) is 15.0 Å². The van der Waals surface area contributed by atoms with Crippen LogP contribution >= 0.6 is 0 Å². The normalized spacial score (nSPS) is 12.0. The third-order valence-corrected chi connectivity index (χ3v) is 5.25. The van der Waals surface area contributed by atoms with Crippen molar-refractivity contribution in [2.75, 3.05) is 31.5 Å². The smallest absolute Gasteiger partial charge is 0.245 e. The van der Waals surface area contributed by atoms with Gasteiger partial charge in [-0.15, -0.1) is 0 Å². The number of carbonyl (C=O) groups excluding carboxylic acids is 2. The molecule has 1 unspecified atom stereocenters. The Kier molecular flexibility index (Phi) is 9.54. The fraction of sp³-hybridized carbons (Fsp3) is 0.522. The summed E-state index contributed by atoms with van der Waals surface area (Å²) in [5.74, 6) is 0.651. The Morgan fingerprint density at radius 1 is 1.17 bits per heavy atom. The molecule has 1 aromatic heterocycles. The quantitative estimate of drug-likeness (QED) is 0.575. The molecule has 2 amide bonds. The van der Waals surface area contributed by atoms with Crippen LogP contribution < -0.4 is 5.32 Å². The molecule has 1 atom stereocenters. The van der Waals surface area contributed by atoms with Crippen LogP contribution in [0.3, 0.4) is 0 Å². The molecular formula is C23H34N4O3. The number of anilines is 1. The van der Waals surface area contributed by atoms with Crippen molar-refractivity contribution in [3.8, 4) is 0 Å². The third kappa shape index (κ3) is 7.63. The van der Waals surface area contributed by atoms with Gasteiger partial charge in [-0.25, -0.2) is 0 Å². The molecule has 7 nitrogen and oxygen atoms in total. The van der Waals surface area contributed by atoms with Crippen molar-refractivity contribution in [3.63, 3.8) is 0 Å². The summed E-state index contributed by atoms with van der Waals surface area (Å²) in [6, 6.07) is 11.2. The minimum Gasteiger partial charge on any atom is -0.360 e. The molecule has 0 saturated carbocycles. The maximum Gasteiger partial charge on any atom is 0.245 e. The van der Waals surface area contributed by atoms with Crippen LogP contribution in [0.15, 0.2) is 40.9 Å². The van der Waals surface area contributed by atoms with E-state index in [-0.39, 0.29) is 30.8 Å². The van der Waals surface area contributed by atoms with Gasteiger partial charge >= 0.3 is 0 Å². The van der Waals surface area contributed by atoms with Gasteiger partial charge < -0.3 is 19.6 Å². The Morgan fingerprint density at radius 2 is 1.87 bits per heavy atom. The molecule has 2 aromatic rings. The maximum absolute atomic E-state index is 13.1. The number of benzene rings is 1. The minimum absolute atomic E-state index is 0.00991. The predicted molar refractivity (Wildman–Crippen MR) is 118 cm³/mol. The number of amides is 2. The van der Waals surface area contributed by atoms with E-state index in [1.165, 1.54) is 0 Å². The van der Waals surface area contributed by atoms with Crippen molar-refractivity contribution in [3.05, 3.63) is 47.7 Å². The molecule has 0 radical (unpaired) electrons. The van der Waals surface area contributed by atoms with E-state index in [4.69, 9.17) is 4.52 Å². The fourth-order valence-corrected chi connectivity index (χ4v) is 3.43. The summed E-state index contributed by atoms with van der Waals surface area (Å²) in [6.45, 7) is 11.1. The summed E-state index contributed by atoms with van der Waals surface area (Å²) in [7, 11) is 0. The molecule has 0 aliphatic heterocycles. The van der Waals surface area contributed by atoms with E-state index in [2.05, 4.69) is 29.2 Å². The molecule has 2 rings (SSSR count). The first-order valence-electron chi connectivity index (χ1n) is 10.7. The first-order chi connectivity index (χ1) is 14.4. The van der Waals surface area contributed by atoms with Crippen LogP contribution in [-0.2, 0) is 16.0 Å². The Balaban J connectivity index is 2.02. The lowest BCUT2D eigenvalue weighted by atomic mass is 10.1. The fourth-order valence-electron chi connectivity index (χ4n) is 3.43. The van der Waals surface area contributed by atoms with E-state index in [0.717, 1.165) is 38.0 Å². The number of nitrogens with one attached hydrogen (secondary N) is 1. The van der Waals surface area contributed by atoms with Gasteiger partial charge in [0.05, 0.1) is 6.42 Å². The second-order valence-electron chi connectivity index (χ2n) is 7.57. The second kappa shape index (κ2) is 12.1. The van der Waals surface area contributed by atoms with E-state index < -0.39 is 0 Å². The van der Waals surface area contributed by atoms with Crippen molar-refractivity contribution >= 4 is 17.6 Å². The minimum atomic E-state index is -0.277. The number of rotatable bonds is 12. The van der Waals surface area contributed by atoms with E-state index in [9.17, 15) is 9.59 Å². The molecule has 0 saturated heterocycles. The first-order valence-corrected chi connectivity index (χ1v) is 10.7. The lowest BCUT2D eigenvalue weighted by Gasteiger charge is -2.29. The molecule has 1 aromatic carbocycles. The van der Waals surface area contributed by atoms with Crippen LogP contribution in [0.2, 0.25) is 0 Å². The van der Waals surface area contributed by atoms with Crippen LogP contribution in [-0.4, -0.2) is 59.0 Å². The number of nitrogens with zero attached hydrogens (tertiary/aromatic N) is 3. The zero-order valence-electron chi connectivity index (χ0n) is 18.6. The highest BCUT2D eigenvalue weighted by molar-refractivity contribution is 5.94. The molecule has 1 heterocycles. The van der Waals surface area contributed by atoms with Gasteiger partial charge in [-0.3, -0.25) is 9.59 Å². The topological polar surface area (TPSA) is 78.7 Å². The van der Waals surface area contributed by atoms with Crippen LogP contribution in [0.25, 0.3) is 0 Å². The SMILES string of the molecule is CCN(CC)CCCC(C)N(CC(=O)Nc1cc(C)on1)C(=O)Cc1ccccc1. The highest BCUT2D eigenvalue weighted by Crippen LogP contribution is 2.13. The Hall–Kier alpha value is -2.67. The number of aromatic nitrogens is 1. The molecule has 0 aliphatic rings. The van der Waals surface area contributed by atoms with Gasteiger partial charge in [0.25, 0.3) is 0 Å². The summed E-state index contributed by atoms with van der Waals surface area (Å²) < 4.78 is 4.99. The summed E-state index contributed by atoms with van der Waals surface area (Å²) in [5, 5.41) is 6.51. The summed E-state index contributed by atoms with van der Waals surface area (Å²) in [5.41, 5.74) is 0.940. The molecule has 0 aliphatic carbocycles. The lowest BCUT2D eigenvalue weighted by molar-refractivity contribution is -0.136. The average Bonchev–Trinajstić information content (AvgIpc) is 3.14. The van der Waals surface area contributed by atoms with Gasteiger partial charge in [0.2, 0.25) is 11.8 Å². The van der Waals surface area contributed by atoms with Crippen molar-refractivity contribution in [2.45, 2.75) is 53.0 Å². The molecule has 7 heteroatoms. The zero-order chi connectivity index (χ0) is 21.9. The van der Waals surface area contributed by atoms with Gasteiger partial charge in [0, 0.05) is 12.1 Å². The van der Waals surface area contributed by atoms with Crippen molar-refractivity contribution < 1.29 is 14.1 Å². The summed E-state index contributed by atoms with van der Waals surface area (Å²) in [6.07, 6.45) is 2.09. The molecule has 0 bridgehead atoms. The monoisotopic (exact) mass is 414 g/mol. The van der Waals surface area contributed by atoms with Crippen LogP contribution in [0, 0.1) is 6.92 Å². The number of hydrogen-bond donors (Lipinski definition) is 1. The van der Waals surface area contributed by atoms with E-state index in [1.807, 2.05) is 37.3 Å². The number of carbonyl (C=O) groups is 2. The van der Waals surface area contributed by atoms with Gasteiger partial charge in [-0.1, -0.05) is 49.3 Å². The van der Waals surface area contributed by atoms with Crippen molar-refractivity contribution in [1.29, 1.82) is 0 Å². The standard InChI is InChI=1S/C23H34N4O3/c1-5-26(6-2)14-10-11-18(3)27(23(29)16-20-12-8-7-9-13-20)17-22(28)24-21-15-19(4)30-25-21/h7-9,12-13,15,18H,5-6,10-11,14,16-17H2,1-4H3,(H,24,25,28). The Morgan fingerprint density at radius 3 is 2.47 bits per heavy atom. The van der Waals surface area contributed by atoms with E-state index in [0.29, 0.717) is 11.6 Å². The van der Waals surface area contributed by atoms with Gasteiger partial charge in [0.1, 0.15) is 12.3 Å². The Labute approximate surface area is 179 Å². The highest BCUT2D eigenvalue weighted by Gasteiger charge is 2.23. The summed E-state index contributed by atoms with van der Waals surface area (Å²) >= 11 is 0. The van der Waals surface area contributed by atoms with Crippen LogP contribution in [0.1, 0.15) is 44.9 Å². The largest absolute Gasteiger partial charge is 0.360 e.